The summed E-state index contributed by atoms with van der Waals surface area (Å²) in [4.78, 5) is 18.7. The summed E-state index contributed by atoms with van der Waals surface area (Å²) in [6, 6.07) is 7.89. The van der Waals surface area contributed by atoms with Gasteiger partial charge in [-0.15, -0.1) is 0 Å². The highest BCUT2D eigenvalue weighted by molar-refractivity contribution is 5.95. The van der Waals surface area contributed by atoms with Crippen molar-refractivity contribution in [3.8, 4) is 11.4 Å². The van der Waals surface area contributed by atoms with Crippen molar-refractivity contribution in [2.24, 2.45) is 5.92 Å². The second-order valence-electron chi connectivity index (χ2n) is 7.59. The van der Waals surface area contributed by atoms with Gasteiger partial charge in [0.2, 0.25) is 0 Å². The molecule has 1 aromatic heterocycles. The molecular formula is C21H27N3O2. The van der Waals surface area contributed by atoms with Crippen LogP contribution in [0.3, 0.4) is 0 Å². The zero-order valence-corrected chi connectivity index (χ0v) is 15.2. The van der Waals surface area contributed by atoms with Gasteiger partial charge in [-0.3, -0.25) is 0 Å². The third-order valence-electron chi connectivity index (χ3n) is 6.08. The smallest absolute Gasteiger partial charge is 0.336 e. The number of carboxylic acids is 1. The van der Waals surface area contributed by atoms with E-state index < -0.39 is 5.97 Å². The van der Waals surface area contributed by atoms with Gasteiger partial charge in [0.05, 0.1) is 5.56 Å². The van der Waals surface area contributed by atoms with E-state index in [1.165, 1.54) is 45.2 Å². The molecule has 2 aromatic rings. The molecule has 0 unspecified atom stereocenters. The Morgan fingerprint density at radius 1 is 1.15 bits per heavy atom. The summed E-state index contributed by atoms with van der Waals surface area (Å²) in [6.45, 7) is 3.44. The number of hydrogen-bond acceptors (Lipinski definition) is 3. The highest BCUT2D eigenvalue weighted by atomic mass is 16.4. The molecule has 0 amide bonds. The van der Waals surface area contributed by atoms with Gasteiger partial charge in [-0.05, 0) is 57.2 Å². The van der Waals surface area contributed by atoms with Gasteiger partial charge in [-0.1, -0.05) is 24.6 Å². The quantitative estimate of drug-likeness (QED) is 0.885. The number of aromatic carboxylic acids is 1. The Kier molecular flexibility index (Phi) is 5.07. The average molecular weight is 353 g/mol. The lowest BCUT2D eigenvalue weighted by Gasteiger charge is -2.44. The first-order chi connectivity index (χ1) is 12.7. The summed E-state index contributed by atoms with van der Waals surface area (Å²) in [5.74, 6) is 0.605. The minimum atomic E-state index is -0.903. The molecule has 3 heterocycles. The van der Waals surface area contributed by atoms with Crippen LogP contribution in [-0.4, -0.2) is 44.7 Å². The van der Waals surface area contributed by atoms with Gasteiger partial charge < -0.3 is 14.6 Å². The molecule has 5 heteroatoms. The van der Waals surface area contributed by atoms with E-state index in [1.807, 2.05) is 18.3 Å². The molecule has 2 saturated heterocycles. The standard InChI is InChI=1S/C21H27N3O2/c25-21(26)18-8-2-1-7-17(18)20-22-11-15-24(20)14-10-16-6-5-13-23-12-4-3-9-19(16)23/h1-2,7-8,11,15-16,19H,3-6,9-10,12-14H2,(H,25,26)/t16-,19+/m0/s1. The predicted octanol–water partition coefficient (Wildman–Crippen LogP) is 3.90. The van der Waals surface area contributed by atoms with Gasteiger partial charge in [-0.25, -0.2) is 9.78 Å². The van der Waals surface area contributed by atoms with E-state index in [1.54, 1.807) is 18.3 Å². The minimum absolute atomic E-state index is 0.316. The molecule has 0 spiro atoms. The van der Waals surface area contributed by atoms with E-state index in [0.29, 0.717) is 11.1 Å². The molecule has 0 radical (unpaired) electrons. The van der Waals surface area contributed by atoms with Crippen LogP contribution in [0.5, 0.6) is 0 Å². The Balaban J connectivity index is 1.51. The molecule has 4 rings (SSSR count). The lowest BCUT2D eigenvalue weighted by atomic mass is 9.81. The number of nitrogens with zero attached hydrogens (tertiary/aromatic N) is 3. The first-order valence-electron chi connectivity index (χ1n) is 9.82. The van der Waals surface area contributed by atoms with Crippen LogP contribution in [0.1, 0.15) is 48.9 Å². The molecule has 0 aliphatic carbocycles. The van der Waals surface area contributed by atoms with Crippen LogP contribution in [0.15, 0.2) is 36.7 Å². The molecular weight excluding hydrogens is 326 g/mol. The maximum absolute atomic E-state index is 11.5. The van der Waals surface area contributed by atoms with Gasteiger partial charge in [0.1, 0.15) is 5.82 Å². The minimum Gasteiger partial charge on any atom is -0.478 e. The summed E-state index contributed by atoms with van der Waals surface area (Å²) < 4.78 is 2.13. The summed E-state index contributed by atoms with van der Waals surface area (Å²) in [7, 11) is 0. The summed E-state index contributed by atoms with van der Waals surface area (Å²) >= 11 is 0. The van der Waals surface area contributed by atoms with Crippen LogP contribution in [-0.2, 0) is 6.54 Å². The molecule has 0 saturated carbocycles. The number of carbonyl (C=O) groups is 1. The van der Waals surface area contributed by atoms with Crippen LogP contribution < -0.4 is 0 Å². The van der Waals surface area contributed by atoms with Gasteiger partial charge in [0.25, 0.3) is 0 Å². The van der Waals surface area contributed by atoms with E-state index in [-0.39, 0.29) is 0 Å². The molecule has 0 bridgehead atoms. The lowest BCUT2D eigenvalue weighted by Crippen LogP contribution is -2.48. The van der Waals surface area contributed by atoms with Crippen LogP contribution in [0.2, 0.25) is 0 Å². The number of aromatic nitrogens is 2. The van der Waals surface area contributed by atoms with Gasteiger partial charge >= 0.3 is 5.97 Å². The van der Waals surface area contributed by atoms with Crippen molar-refractivity contribution in [2.45, 2.75) is 51.1 Å². The fourth-order valence-electron chi connectivity index (χ4n) is 4.82. The maximum Gasteiger partial charge on any atom is 0.336 e. The van der Waals surface area contributed by atoms with Crippen molar-refractivity contribution in [3.05, 3.63) is 42.2 Å². The van der Waals surface area contributed by atoms with Crippen molar-refractivity contribution in [1.82, 2.24) is 14.5 Å². The van der Waals surface area contributed by atoms with Crippen molar-refractivity contribution in [3.63, 3.8) is 0 Å². The number of piperidine rings is 2. The molecule has 1 N–H and O–H groups in total. The molecule has 1 aromatic carbocycles. The summed E-state index contributed by atoms with van der Waals surface area (Å²) in [5, 5.41) is 9.48. The van der Waals surface area contributed by atoms with Crippen molar-refractivity contribution >= 4 is 5.97 Å². The average Bonchev–Trinajstić information content (AvgIpc) is 3.14. The third kappa shape index (κ3) is 3.40. The van der Waals surface area contributed by atoms with Gasteiger partial charge in [0, 0.05) is 30.5 Å². The van der Waals surface area contributed by atoms with E-state index in [4.69, 9.17) is 0 Å². The van der Waals surface area contributed by atoms with E-state index >= 15 is 0 Å². The number of rotatable bonds is 5. The van der Waals surface area contributed by atoms with Gasteiger partial charge in [-0.2, -0.15) is 0 Å². The van der Waals surface area contributed by atoms with Crippen LogP contribution in [0.25, 0.3) is 11.4 Å². The van der Waals surface area contributed by atoms with E-state index in [0.717, 1.165) is 30.7 Å². The summed E-state index contributed by atoms with van der Waals surface area (Å²) in [5.41, 5.74) is 1.02. The third-order valence-corrected chi connectivity index (χ3v) is 6.08. The lowest BCUT2D eigenvalue weighted by molar-refractivity contribution is 0.0539. The zero-order chi connectivity index (χ0) is 17.9. The normalized spacial score (nSPS) is 23.5. The topological polar surface area (TPSA) is 58.4 Å². The predicted molar refractivity (Wildman–Crippen MR) is 101 cm³/mol. The van der Waals surface area contributed by atoms with E-state index in [2.05, 4.69) is 14.5 Å². The van der Waals surface area contributed by atoms with Crippen molar-refractivity contribution in [2.75, 3.05) is 13.1 Å². The van der Waals surface area contributed by atoms with Crippen LogP contribution in [0, 0.1) is 5.92 Å². The summed E-state index contributed by atoms with van der Waals surface area (Å²) in [6.07, 6.45) is 11.6. The monoisotopic (exact) mass is 353 g/mol. The second-order valence-corrected chi connectivity index (χ2v) is 7.59. The Morgan fingerprint density at radius 3 is 2.88 bits per heavy atom. The fraction of sp³-hybridized carbons (Fsp3) is 0.524. The van der Waals surface area contributed by atoms with E-state index in [9.17, 15) is 9.90 Å². The number of carboxylic acid groups (broad SMARTS) is 1. The van der Waals surface area contributed by atoms with Crippen molar-refractivity contribution in [1.29, 1.82) is 0 Å². The zero-order valence-electron chi connectivity index (χ0n) is 15.2. The first-order valence-corrected chi connectivity index (χ1v) is 9.82. The highest BCUT2D eigenvalue weighted by Crippen LogP contribution is 2.33. The Morgan fingerprint density at radius 2 is 2.00 bits per heavy atom. The molecule has 2 aliphatic rings. The molecule has 138 valence electrons. The SMILES string of the molecule is O=C(O)c1ccccc1-c1nccn1CC[C@@H]1CCCN2CCCC[C@H]12. The first kappa shape index (κ1) is 17.3. The number of imidazole rings is 1. The number of aryl methyl sites for hydroxylation is 1. The maximum atomic E-state index is 11.5. The van der Waals surface area contributed by atoms with Crippen LogP contribution in [0.4, 0.5) is 0 Å². The molecule has 2 fully saturated rings. The largest absolute Gasteiger partial charge is 0.478 e. The molecule has 2 atom stereocenters. The van der Waals surface area contributed by atoms with Crippen molar-refractivity contribution < 1.29 is 9.90 Å². The Hall–Kier alpha value is -2.14. The van der Waals surface area contributed by atoms with Gasteiger partial charge in [0.15, 0.2) is 0 Å². The Bertz CT molecular complexity index is 768. The second kappa shape index (κ2) is 7.62. The number of hydrogen-bond donors (Lipinski definition) is 1. The molecule has 26 heavy (non-hydrogen) atoms. The Labute approximate surface area is 154 Å². The molecule has 5 nitrogen and oxygen atoms in total. The molecule has 2 aliphatic heterocycles. The number of fused-ring (bicyclic) bond motifs is 1. The number of benzene rings is 1. The van der Waals surface area contributed by atoms with Crippen LogP contribution >= 0.6 is 0 Å². The fourth-order valence-corrected chi connectivity index (χ4v) is 4.82. The highest BCUT2D eigenvalue weighted by Gasteiger charge is 2.32.